The molecule has 0 saturated carbocycles. The molecule has 1 N–H and O–H groups in total. The Hall–Kier alpha value is -4.24. The van der Waals surface area contributed by atoms with Crippen molar-refractivity contribution in [2.45, 2.75) is 32.7 Å². The first-order valence-electron chi connectivity index (χ1n) is 13.2. The van der Waals surface area contributed by atoms with Gasteiger partial charge in [-0.2, -0.15) is 0 Å². The molecule has 0 amide bonds. The fourth-order valence-corrected chi connectivity index (χ4v) is 5.06. The first kappa shape index (κ1) is 26.4. The largest absolute Gasteiger partial charge is 0.494 e. The highest BCUT2D eigenvalue weighted by Gasteiger charge is 2.24. The second-order valence-electron chi connectivity index (χ2n) is 9.92. The molecular weight excluding hydrogens is 492 g/mol. The Labute approximate surface area is 228 Å². The number of anilines is 2. The molecule has 0 unspecified atom stereocenters. The van der Waals surface area contributed by atoms with Crippen LogP contribution in [0, 0.1) is 4.91 Å². The van der Waals surface area contributed by atoms with Crippen LogP contribution in [0.1, 0.15) is 31.0 Å². The number of nitrogens with zero attached hydrogens (tertiary/aromatic N) is 5. The minimum absolute atomic E-state index is 0.174. The topological polar surface area (TPSA) is 93.9 Å². The zero-order valence-corrected chi connectivity index (χ0v) is 23.0. The van der Waals surface area contributed by atoms with E-state index in [0.29, 0.717) is 36.3 Å². The molecule has 5 rings (SSSR count). The van der Waals surface area contributed by atoms with E-state index in [-0.39, 0.29) is 5.69 Å². The summed E-state index contributed by atoms with van der Waals surface area (Å²) in [5.74, 6) is 1.25. The summed E-state index contributed by atoms with van der Waals surface area (Å²) in [6, 6.07) is 11.8. The summed E-state index contributed by atoms with van der Waals surface area (Å²) in [7, 11) is 5.47. The molecule has 3 heterocycles. The number of ether oxygens (including phenoxy) is 2. The Bertz CT molecular complexity index is 1540. The van der Waals surface area contributed by atoms with E-state index in [2.05, 4.69) is 51.7 Å². The summed E-state index contributed by atoms with van der Waals surface area (Å²) in [6.45, 7) is 8.48. The predicted molar refractivity (Wildman–Crippen MR) is 156 cm³/mol. The first-order chi connectivity index (χ1) is 18.9. The van der Waals surface area contributed by atoms with Crippen molar-refractivity contribution in [2.75, 3.05) is 39.7 Å². The first-order valence-corrected chi connectivity index (χ1v) is 13.2. The molecule has 0 saturated heterocycles. The van der Waals surface area contributed by atoms with E-state index >= 15 is 0 Å². The Balaban J connectivity index is 1.51. The quantitative estimate of drug-likeness (QED) is 0.221. The van der Waals surface area contributed by atoms with Gasteiger partial charge in [0.25, 0.3) is 0 Å². The summed E-state index contributed by atoms with van der Waals surface area (Å²) < 4.78 is 13.8. The van der Waals surface area contributed by atoms with Crippen molar-refractivity contribution in [2.24, 2.45) is 5.18 Å². The predicted octanol–water partition coefficient (Wildman–Crippen LogP) is 6.56. The van der Waals surface area contributed by atoms with Crippen LogP contribution >= 0.6 is 0 Å². The molecule has 0 radical (unpaired) electrons. The third-order valence-electron chi connectivity index (χ3n) is 7.14. The highest BCUT2D eigenvalue weighted by atomic mass is 16.5. The summed E-state index contributed by atoms with van der Waals surface area (Å²) in [6.07, 6.45) is 4.75. The number of aryl methyl sites for hydroxylation is 1. The Kier molecular flexibility index (Phi) is 7.60. The highest BCUT2D eigenvalue weighted by molar-refractivity contribution is 5.99. The van der Waals surface area contributed by atoms with E-state index in [0.717, 1.165) is 48.2 Å². The summed E-state index contributed by atoms with van der Waals surface area (Å²) in [5, 5.41) is 7.57. The minimum Gasteiger partial charge on any atom is -0.494 e. The van der Waals surface area contributed by atoms with Crippen molar-refractivity contribution >= 4 is 33.8 Å². The van der Waals surface area contributed by atoms with Crippen LogP contribution in [0.3, 0.4) is 0 Å². The fourth-order valence-electron chi connectivity index (χ4n) is 5.06. The minimum atomic E-state index is 0.174. The maximum atomic E-state index is 11.6. The molecule has 1 aliphatic rings. The van der Waals surface area contributed by atoms with Gasteiger partial charge in [-0.25, -0.2) is 9.97 Å². The highest BCUT2D eigenvalue weighted by Crippen LogP contribution is 2.41. The molecule has 9 heteroatoms. The molecule has 2 aromatic carbocycles. The van der Waals surface area contributed by atoms with Crippen LogP contribution in [0.5, 0.6) is 11.5 Å². The van der Waals surface area contributed by atoms with Crippen molar-refractivity contribution in [1.82, 2.24) is 19.4 Å². The van der Waals surface area contributed by atoms with Crippen LogP contribution in [0.25, 0.3) is 27.7 Å². The number of nitrogens with one attached hydrogen (secondary N) is 1. The van der Waals surface area contributed by atoms with Gasteiger partial charge in [0.05, 0.1) is 18.5 Å². The van der Waals surface area contributed by atoms with Crippen molar-refractivity contribution < 1.29 is 9.47 Å². The lowest BCUT2D eigenvalue weighted by molar-refractivity contribution is 0.261. The van der Waals surface area contributed by atoms with Gasteiger partial charge in [0, 0.05) is 47.5 Å². The van der Waals surface area contributed by atoms with Gasteiger partial charge in [-0.15, -0.1) is 4.91 Å². The van der Waals surface area contributed by atoms with Gasteiger partial charge in [-0.05, 0) is 73.9 Å². The lowest BCUT2D eigenvalue weighted by Gasteiger charge is -2.15. The van der Waals surface area contributed by atoms with E-state index in [1.54, 1.807) is 25.4 Å². The molecule has 0 bridgehead atoms. The number of likely N-dealkylation sites (N-methyl/N-ethyl adjacent to an activating group) is 1. The lowest BCUT2D eigenvalue weighted by atomic mass is 9.99. The molecule has 0 fully saturated rings. The molecule has 4 aromatic rings. The number of allylic oxidation sites excluding steroid dienone is 1. The van der Waals surface area contributed by atoms with E-state index in [1.165, 1.54) is 16.6 Å². The summed E-state index contributed by atoms with van der Waals surface area (Å²) in [4.78, 5) is 23.0. The van der Waals surface area contributed by atoms with Gasteiger partial charge in [-0.1, -0.05) is 19.6 Å². The molecular formula is C30H34N6O3. The number of aromatic nitrogens is 3. The molecule has 9 nitrogen and oxygen atoms in total. The number of rotatable bonds is 11. The zero-order valence-electron chi connectivity index (χ0n) is 23.0. The Morgan fingerprint density at radius 3 is 2.79 bits per heavy atom. The smallest absolute Gasteiger partial charge is 0.227 e. The van der Waals surface area contributed by atoms with Crippen LogP contribution in [0.4, 0.5) is 17.3 Å². The van der Waals surface area contributed by atoms with Crippen LogP contribution in [0.2, 0.25) is 0 Å². The van der Waals surface area contributed by atoms with Gasteiger partial charge >= 0.3 is 0 Å². The number of hydrogen-bond donors (Lipinski definition) is 1. The van der Waals surface area contributed by atoms with Gasteiger partial charge in [0.1, 0.15) is 12.4 Å². The van der Waals surface area contributed by atoms with Crippen LogP contribution in [-0.2, 0) is 13.0 Å². The Morgan fingerprint density at radius 2 is 2.05 bits per heavy atom. The lowest BCUT2D eigenvalue weighted by Crippen LogP contribution is -2.19. The van der Waals surface area contributed by atoms with Gasteiger partial charge < -0.3 is 24.3 Å². The third kappa shape index (κ3) is 5.22. The van der Waals surface area contributed by atoms with Gasteiger partial charge in [0.2, 0.25) is 5.95 Å². The van der Waals surface area contributed by atoms with E-state index in [1.807, 2.05) is 25.1 Å². The molecule has 202 valence electrons. The molecule has 0 atom stereocenters. The monoisotopic (exact) mass is 526 g/mol. The van der Waals surface area contributed by atoms with Crippen LogP contribution < -0.4 is 14.8 Å². The molecule has 2 aromatic heterocycles. The van der Waals surface area contributed by atoms with E-state index in [4.69, 9.17) is 14.5 Å². The average Bonchev–Trinajstić information content (AvgIpc) is 3.53. The van der Waals surface area contributed by atoms with E-state index in [9.17, 15) is 4.91 Å². The second kappa shape index (κ2) is 11.2. The summed E-state index contributed by atoms with van der Waals surface area (Å²) >= 11 is 0. The van der Waals surface area contributed by atoms with Crippen molar-refractivity contribution in [3.63, 3.8) is 0 Å². The van der Waals surface area contributed by atoms with E-state index < -0.39 is 0 Å². The molecule has 0 aliphatic carbocycles. The van der Waals surface area contributed by atoms with Crippen molar-refractivity contribution in [3.8, 4) is 22.8 Å². The van der Waals surface area contributed by atoms with Crippen LogP contribution in [-0.4, -0.2) is 53.8 Å². The number of hydrogen-bond acceptors (Lipinski definition) is 8. The van der Waals surface area contributed by atoms with Crippen molar-refractivity contribution in [3.05, 3.63) is 65.3 Å². The van der Waals surface area contributed by atoms with Gasteiger partial charge in [0.15, 0.2) is 11.4 Å². The normalized spacial score (nSPS) is 12.5. The molecule has 39 heavy (non-hydrogen) atoms. The van der Waals surface area contributed by atoms with Gasteiger partial charge in [-0.3, -0.25) is 0 Å². The number of methoxy groups -OCH3 is 1. The third-order valence-corrected chi connectivity index (χ3v) is 7.14. The maximum absolute atomic E-state index is 11.6. The zero-order chi connectivity index (χ0) is 27.5. The molecule has 0 spiro atoms. The number of nitroso groups, excluding NO2 is 1. The number of benzene rings is 2. The fraction of sp³-hybridized carbons (Fsp3) is 0.333. The summed E-state index contributed by atoms with van der Waals surface area (Å²) in [5.41, 5.74) is 7.43. The van der Waals surface area contributed by atoms with Crippen LogP contribution in [0.15, 0.2) is 54.4 Å². The average molecular weight is 527 g/mol. The number of fused-ring (bicyclic) bond motifs is 3. The molecule has 1 aliphatic heterocycles. The van der Waals surface area contributed by atoms with Crippen molar-refractivity contribution in [1.29, 1.82) is 0 Å². The Morgan fingerprint density at radius 1 is 1.21 bits per heavy atom. The maximum Gasteiger partial charge on any atom is 0.227 e. The SMILES string of the molecule is C=C(CC)c1ccc2c(c1)c(-c1ccnc(Nc3cc(N=O)c(OCCN(C)C)cc3OC)n1)c1n2CCC1. The standard InChI is InChI=1S/C30H34N6O3/c1-6-19(2)20-9-10-25-21(16-20)29(26-8-7-13-36(25)26)22-11-12-31-30(32-22)33-23-17-24(34-37)28(18-27(23)38-5)39-15-14-35(3)4/h9-12,16-18H,2,6-8,13-15H2,1,3-5H3,(H,31,32,33). The second-order valence-corrected chi connectivity index (χ2v) is 9.92.